The molecular weight excluding hydrogens is 418 g/mol. The molecule has 4 heterocycles. The molecule has 1 N–H and O–H groups in total. The smallest absolute Gasteiger partial charge is 0.407 e. The summed E-state index contributed by atoms with van der Waals surface area (Å²) >= 11 is 0. The highest BCUT2D eigenvalue weighted by Gasteiger charge is 2.23. The molecule has 8 heteroatoms. The molecule has 8 nitrogen and oxygen atoms in total. The molecule has 3 aromatic heterocycles. The fourth-order valence-electron chi connectivity index (χ4n) is 3.88. The highest BCUT2D eigenvalue weighted by molar-refractivity contribution is 5.81. The number of alkyl carbamates (subject to hydrolysis) is 1. The number of nitrogens with one attached hydrogen (secondary N) is 1. The number of hydrogen-bond donors (Lipinski definition) is 1. The van der Waals surface area contributed by atoms with Crippen molar-refractivity contribution in [3.63, 3.8) is 0 Å². The fourth-order valence-corrected chi connectivity index (χ4v) is 3.88. The van der Waals surface area contributed by atoms with Crippen molar-refractivity contribution >= 4 is 22.8 Å². The van der Waals surface area contributed by atoms with E-state index in [4.69, 9.17) is 19.4 Å². The summed E-state index contributed by atoms with van der Waals surface area (Å²) in [5.74, 6) is 0.924. The molecule has 33 heavy (non-hydrogen) atoms. The van der Waals surface area contributed by atoms with Gasteiger partial charge in [-0.05, 0) is 65.0 Å². The number of fused-ring (bicyclic) bond motifs is 1. The summed E-state index contributed by atoms with van der Waals surface area (Å²) in [5, 5.41) is 3.66. The lowest BCUT2D eigenvalue weighted by Gasteiger charge is -2.36. The molecule has 1 aliphatic heterocycles. The summed E-state index contributed by atoms with van der Waals surface area (Å²) < 4.78 is 11.1. The SMILES string of the molecule is C[C@@H]1CN(c2cccc(-c3ccc4cnc(CNC(=O)OC(C)(C)C)cc4n3)n2)C[C@H](C)O1. The number of amides is 1. The Morgan fingerprint density at radius 3 is 2.58 bits per heavy atom. The third kappa shape index (κ3) is 5.96. The number of anilines is 1. The van der Waals surface area contributed by atoms with Gasteiger partial charge < -0.3 is 19.7 Å². The lowest BCUT2D eigenvalue weighted by Crippen LogP contribution is -2.45. The van der Waals surface area contributed by atoms with Crippen LogP contribution >= 0.6 is 0 Å². The first-order valence-electron chi connectivity index (χ1n) is 11.3. The van der Waals surface area contributed by atoms with E-state index >= 15 is 0 Å². The number of carbonyl (C=O) groups excluding carboxylic acids is 1. The van der Waals surface area contributed by atoms with Crippen LogP contribution < -0.4 is 10.2 Å². The van der Waals surface area contributed by atoms with Gasteiger partial charge in [0.2, 0.25) is 0 Å². The van der Waals surface area contributed by atoms with Crippen LogP contribution in [0.2, 0.25) is 0 Å². The lowest BCUT2D eigenvalue weighted by atomic mass is 10.1. The Labute approximate surface area is 194 Å². The maximum absolute atomic E-state index is 11.9. The molecule has 4 rings (SSSR count). The zero-order valence-corrected chi connectivity index (χ0v) is 19.8. The molecule has 2 atom stereocenters. The van der Waals surface area contributed by atoms with Crippen molar-refractivity contribution in [3.8, 4) is 11.4 Å². The van der Waals surface area contributed by atoms with Gasteiger partial charge >= 0.3 is 6.09 Å². The second-order valence-electron chi connectivity index (χ2n) is 9.46. The first kappa shape index (κ1) is 22.9. The molecule has 0 radical (unpaired) electrons. The number of carbonyl (C=O) groups is 1. The second kappa shape index (κ2) is 9.31. The summed E-state index contributed by atoms with van der Waals surface area (Å²) in [6.07, 6.45) is 1.62. The molecule has 0 aliphatic carbocycles. The largest absolute Gasteiger partial charge is 0.444 e. The van der Waals surface area contributed by atoms with Gasteiger partial charge in [-0.25, -0.2) is 14.8 Å². The van der Waals surface area contributed by atoms with Crippen LogP contribution in [0.1, 0.15) is 40.3 Å². The molecule has 1 amide bonds. The van der Waals surface area contributed by atoms with Crippen LogP contribution in [0.4, 0.5) is 10.6 Å². The first-order chi connectivity index (χ1) is 15.7. The van der Waals surface area contributed by atoms with Gasteiger partial charge in [0.1, 0.15) is 11.4 Å². The van der Waals surface area contributed by atoms with Crippen molar-refractivity contribution in [2.45, 2.75) is 59.0 Å². The highest BCUT2D eigenvalue weighted by atomic mass is 16.6. The van der Waals surface area contributed by atoms with Gasteiger partial charge in [0.05, 0.1) is 41.4 Å². The lowest BCUT2D eigenvalue weighted by molar-refractivity contribution is -0.00545. The molecular formula is C25H31N5O3. The van der Waals surface area contributed by atoms with Crippen LogP contribution in [0.15, 0.2) is 42.6 Å². The van der Waals surface area contributed by atoms with E-state index in [1.54, 1.807) is 6.20 Å². The zero-order chi connectivity index (χ0) is 23.6. The predicted octanol–water partition coefficient (Wildman–Crippen LogP) is 4.33. The summed E-state index contributed by atoms with van der Waals surface area (Å²) in [6, 6.07) is 11.8. The van der Waals surface area contributed by atoms with E-state index in [1.807, 2.05) is 57.2 Å². The van der Waals surface area contributed by atoms with Gasteiger partial charge in [0, 0.05) is 24.7 Å². The number of ether oxygens (including phenoxy) is 2. The number of pyridine rings is 3. The van der Waals surface area contributed by atoms with Crippen molar-refractivity contribution in [1.29, 1.82) is 0 Å². The van der Waals surface area contributed by atoms with E-state index < -0.39 is 11.7 Å². The van der Waals surface area contributed by atoms with Crippen LogP contribution in [0.5, 0.6) is 0 Å². The predicted molar refractivity (Wildman–Crippen MR) is 128 cm³/mol. The minimum absolute atomic E-state index is 0.165. The van der Waals surface area contributed by atoms with Crippen molar-refractivity contribution in [1.82, 2.24) is 20.3 Å². The molecule has 0 saturated carbocycles. The molecule has 0 spiro atoms. The average molecular weight is 450 g/mol. The molecule has 0 aromatic carbocycles. The van der Waals surface area contributed by atoms with E-state index in [9.17, 15) is 4.79 Å². The normalized spacial score (nSPS) is 18.9. The third-order valence-corrected chi connectivity index (χ3v) is 5.18. The van der Waals surface area contributed by atoms with E-state index in [1.165, 1.54) is 0 Å². The molecule has 0 unspecified atom stereocenters. The fraction of sp³-hybridized carbons (Fsp3) is 0.440. The molecule has 1 aliphatic rings. The Balaban J connectivity index is 1.53. The summed E-state index contributed by atoms with van der Waals surface area (Å²) in [7, 11) is 0. The van der Waals surface area contributed by atoms with Crippen molar-refractivity contribution < 1.29 is 14.3 Å². The maximum atomic E-state index is 11.9. The number of hydrogen-bond acceptors (Lipinski definition) is 7. The Kier molecular flexibility index (Phi) is 6.47. The van der Waals surface area contributed by atoms with Gasteiger partial charge in [0.25, 0.3) is 0 Å². The second-order valence-corrected chi connectivity index (χ2v) is 9.46. The maximum Gasteiger partial charge on any atom is 0.407 e. The van der Waals surface area contributed by atoms with E-state index in [-0.39, 0.29) is 18.8 Å². The van der Waals surface area contributed by atoms with E-state index in [0.29, 0.717) is 5.69 Å². The van der Waals surface area contributed by atoms with Crippen LogP contribution in [0.3, 0.4) is 0 Å². The van der Waals surface area contributed by atoms with Crippen LogP contribution in [-0.4, -0.2) is 51.9 Å². The van der Waals surface area contributed by atoms with Crippen molar-refractivity contribution in [2.75, 3.05) is 18.0 Å². The van der Waals surface area contributed by atoms with E-state index in [2.05, 4.69) is 29.0 Å². The van der Waals surface area contributed by atoms with Gasteiger partial charge in [-0.15, -0.1) is 0 Å². The highest BCUT2D eigenvalue weighted by Crippen LogP contribution is 2.24. The monoisotopic (exact) mass is 449 g/mol. The minimum Gasteiger partial charge on any atom is -0.444 e. The van der Waals surface area contributed by atoms with Crippen molar-refractivity contribution in [2.24, 2.45) is 0 Å². The molecule has 1 saturated heterocycles. The Hall–Kier alpha value is -3.26. The third-order valence-electron chi connectivity index (χ3n) is 5.18. The number of nitrogens with zero attached hydrogens (tertiary/aromatic N) is 4. The van der Waals surface area contributed by atoms with Gasteiger partial charge in [-0.1, -0.05) is 6.07 Å². The van der Waals surface area contributed by atoms with Gasteiger partial charge in [-0.3, -0.25) is 4.98 Å². The topological polar surface area (TPSA) is 89.5 Å². The zero-order valence-electron chi connectivity index (χ0n) is 19.8. The Morgan fingerprint density at radius 2 is 1.85 bits per heavy atom. The summed E-state index contributed by atoms with van der Waals surface area (Å²) in [4.78, 5) is 28.3. The quantitative estimate of drug-likeness (QED) is 0.634. The molecule has 3 aromatic rings. The molecule has 0 bridgehead atoms. The van der Waals surface area contributed by atoms with Gasteiger partial charge in [-0.2, -0.15) is 0 Å². The van der Waals surface area contributed by atoms with Crippen molar-refractivity contribution in [3.05, 3.63) is 48.3 Å². The van der Waals surface area contributed by atoms with Crippen LogP contribution in [0, 0.1) is 0 Å². The summed E-state index contributed by atoms with van der Waals surface area (Å²) in [6.45, 7) is 11.5. The standard InChI is InChI=1S/C25H31N5O3/c1-16-14-30(15-17(2)32-16)23-8-6-7-20(29-23)21-10-9-18-12-26-19(11-22(18)28-21)13-27-24(31)33-25(3,4)5/h6-12,16-17H,13-15H2,1-5H3,(H,27,31)/t16-,17+. The molecule has 174 valence electrons. The van der Waals surface area contributed by atoms with Crippen LogP contribution in [-0.2, 0) is 16.0 Å². The Bertz CT molecular complexity index is 1130. The first-order valence-corrected chi connectivity index (χ1v) is 11.3. The minimum atomic E-state index is -0.545. The average Bonchev–Trinajstić information content (AvgIpc) is 2.75. The summed E-state index contributed by atoms with van der Waals surface area (Å²) in [5.41, 5.74) is 2.55. The van der Waals surface area contributed by atoms with E-state index in [0.717, 1.165) is 41.2 Å². The Morgan fingerprint density at radius 1 is 1.12 bits per heavy atom. The number of aromatic nitrogens is 3. The van der Waals surface area contributed by atoms with Crippen LogP contribution in [0.25, 0.3) is 22.3 Å². The number of morpholine rings is 1. The molecule has 1 fully saturated rings. The van der Waals surface area contributed by atoms with Gasteiger partial charge in [0.15, 0.2) is 0 Å². The number of rotatable bonds is 4.